The van der Waals surface area contributed by atoms with E-state index in [1.165, 1.54) is 0 Å². The number of likely N-dealkylation sites (N-methyl/N-ethyl adjacent to an activating group) is 1. The molecule has 3 aromatic rings. The largest absolute Gasteiger partial charge is 0.497 e. The fourth-order valence-electron chi connectivity index (χ4n) is 3.64. The Balaban J connectivity index is 1.52. The van der Waals surface area contributed by atoms with Gasteiger partial charge in [-0.15, -0.1) is 0 Å². The van der Waals surface area contributed by atoms with Gasteiger partial charge in [-0.25, -0.2) is 0 Å². The molecule has 1 aliphatic rings. The molecule has 1 saturated heterocycles. The summed E-state index contributed by atoms with van der Waals surface area (Å²) in [6.45, 7) is 5.76. The van der Waals surface area contributed by atoms with Crippen LogP contribution in [-0.4, -0.2) is 74.1 Å². The van der Waals surface area contributed by atoms with Crippen LogP contribution in [-0.2, 0) is 0 Å². The van der Waals surface area contributed by atoms with Crippen LogP contribution in [0.2, 0.25) is 0 Å². The topological polar surface area (TPSA) is 60.6 Å². The predicted octanol–water partition coefficient (Wildman–Crippen LogP) is 3.30. The second kappa shape index (κ2) is 9.55. The number of hydrogen-bond donors (Lipinski definition) is 2. The van der Waals surface area contributed by atoms with E-state index in [9.17, 15) is 4.79 Å². The first-order chi connectivity index (χ1) is 14.6. The van der Waals surface area contributed by atoms with Crippen LogP contribution < -0.4 is 10.1 Å². The summed E-state index contributed by atoms with van der Waals surface area (Å²) in [5.41, 5.74) is 1.50. The van der Waals surface area contributed by atoms with E-state index in [1.54, 1.807) is 18.9 Å². The van der Waals surface area contributed by atoms with Crippen molar-refractivity contribution < 1.29 is 9.53 Å². The lowest BCUT2D eigenvalue weighted by Crippen LogP contribution is -2.46. The average Bonchev–Trinajstić information content (AvgIpc) is 3.13. The third-order valence-electron chi connectivity index (χ3n) is 5.46. The van der Waals surface area contributed by atoms with Crippen LogP contribution in [0.15, 0.2) is 58.3 Å². The van der Waals surface area contributed by atoms with Gasteiger partial charge in [0.1, 0.15) is 11.4 Å². The molecule has 2 aromatic carbocycles. The van der Waals surface area contributed by atoms with Crippen LogP contribution in [0.5, 0.6) is 5.75 Å². The molecule has 1 aromatic heterocycles. The van der Waals surface area contributed by atoms with E-state index < -0.39 is 0 Å². The number of H-pyrrole nitrogens is 1. The van der Waals surface area contributed by atoms with E-state index in [0.29, 0.717) is 12.2 Å². The second-order valence-corrected chi connectivity index (χ2v) is 8.64. The Bertz CT molecular complexity index is 997. The van der Waals surface area contributed by atoms with E-state index >= 15 is 0 Å². The summed E-state index contributed by atoms with van der Waals surface area (Å²) in [5, 5.41) is 4.13. The number of ether oxygens (including phenoxy) is 1. The molecule has 0 radical (unpaired) electrons. The molecule has 30 heavy (non-hydrogen) atoms. The SMILES string of the molecule is COc1ccc2c(Sc3ccccc3)c(C(=O)NCCN3CCN(C)CC3)[nH]c2c1. The van der Waals surface area contributed by atoms with Gasteiger partial charge in [-0.1, -0.05) is 30.0 Å². The molecular weight excluding hydrogens is 396 g/mol. The van der Waals surface area contributed by atoms with E-state index in [2.05, 4.69) is 39.3 Å². The number of benzene rings is 2. The molecule has 4 rings (SSSR count). The molecule has 0 atom stereocenters. The summed E-state index contributed by atoms with van der Waals surface area (Å²) in [6, 6.07) is 16.0. The maximum atomic E-state index is 13.1. The second-order valence-electron chi connectivity index (χ2n) is 7.56. The Morgan fingerprint density at radius 1 is 1.13 bits per heavy atom. The van der Waals surface area contributed by atoms with Gasteiger partial charge < -0.3 is 19.9 Å². The monoisotopic (exact) mass is 424 g/mol. The summed E-state index contributed by atoms with van der Waals surface area (Å²) in [5.74, 6) is 0.694. The van der Waals surface area contributed by atoms with E-state index in [1.807, 2.05) is 36.4 Å². The van der Waals surface area contributed by atoms with Gasteiger partial charge in [0.05, 0.1) is 17.5 Å². The van der Waals surface area contributed by atoms with E-state index in [-0.39, 0.29) is 5.91 Å². The highest BCUT2D eigenvalue weighted by molar-refractivity contribution is 7.99. The van der Waals surface area contributed by atoms with Crippen LogP contribution in [0.1, 0.15) is 10.5 Å². The molecule has 158 valence electrons. The maximum absolute atomic E-state index is 13.1. The van der Waals surface area contributed by atoms with Crippen molar-refractivity contribution in [2.45, 2.75) is 9.79 Å². The third kappa shape index (κ3) is 4.80. The number of rotatable bonds is 7. The van der Waals surface area contributed by atoms with E-state index in [4.69, 9.17) is 4.74 Å². The number of nitrogens with zero attached hydrogens (tertiary/aromatic N) is 2. The van der Waals surface area contributed by atoms with Crippen LogP contribution in [0.4, 0.5) is 0 Å². The fraction of sp³-hybridized carbons (Fsp3) is 0.348. The molecule has 0 aliphatic carbocycles. The first-order valence-corrected chi connectivity index (χ1v) is 11.1. The highest BCUT2D eigenvalue weighted by Gasteiger charge is 2.20. The zero-order chi connectivity index (χ0) is 20.9. The zero-order valence-corrected chi connectivity index (χ0v) is 18.3. The van der Waals surface area contributed by atoms with Crippen LogP contribution in [0, 0.1) is 0 Å². The van der Waals surface area contributed by atoms with E-state index in [0.717, 1.165) is 59.2 Å². The van der Waals surface area contributed by atoms with Crippen LogP contribution in [0.25, 0.3) is 10.9 Å². The molecule has 7 heteroatoms. The predicted molar refractivity (Wildman–Crippen MR) is 122 cm³/mol. The van der Waals surface area contributed by atoms with Gasteiger partial charge in [-0.2, -0.15) is 0 Å². The lowest BCUT2D eigenvalue weighted by atomic mass is 10.2. The number of nitrogens with one attached hydrogen (secondary N) is 2. The number of carbonyl (C=O) groups excluding carboxylic acids is 1. The lowest BCUT2D eigenvalue weighted by molar-refractivity contribution is 0.0934. The van der Waals surface area contributed by atoms with Crippen molar-refractivity contribution in [2.24, 2.45) is 0 Å². The number of aromatic nitrogens is 1. The molecular formula is C23H28N4O2S. The molecule has 0 saturated carbocycles. The average molecular weight is 425 g/mol. The van der Waals surface area contributed by atoms with Crippen molar-refractivity contribution in [3.8, 4) is 5.75 Å². The van der Waals surface area contributed by atoms with Gasteiger partial charge in [-0.3, -0.25) is 9.69 Å². The summed E-state index contributed by atoms with van der Waals surface area (Å²) >= 11 is 1.61. The highest BCUT2D eigenvalue weighted by atomic mass is 32.2. The van der Waals surface area contributed by atoms with Gasteiger partial charge in [-0.05, 0) is 31.3 Å². The van der Waals surface area contributed by atoms with Crippen molar-refractivity contribution >= 4 is 28.6 Å². The smallest absolute Gasteiger partial charge is 0.268 e. The number of aromatic amines is 1. The molecule has 2 N–H and O–H groups in total. The van der Waals surface area contributed by atoms with Crippen LogP contribution in [0.3, 0.4) is 0 Å². The maximum Gasteiger partial charge on any atom is 0.268 e. The Kier molecular flexibility index (Phi) is 6.62. The number of methoxy groups -OCH3 is 1. The normalized spacial score (nSPS) is 15.4. The first kappa shape index (κ1) is 20.8. The summed E-state index contributed by atoms with van der Waals surface area (Å²) in [4.78, 5) is 23.2. The van der Waals surface area contributed by atoms with Crippen molar-refractivity contribution in [2.75, 3.05) is 53.4 Å². The van der Waals surface area contributed by atoms with Crippen molar-refractivity contribution in [1.29, 1.82) is 0 Å². The number of fused-ring (bicyclic) bond motifs is 1. The summed E-state index contributed by atoms with van der Waals surface area (Å²) < 4.78 is 5.35. The van der Waals surface area contributed by atoms with Gasteiger partial charge in [0, 0.05) is 55.6 Å². The zero-order valence-electron chi connectivity index (χ0n) is 17.5. The Hall–Kier alpha value is -2.48. The van der Waals surface area contributed by atoms with Crippen LogP contribution >= 0.6 is 11.8 Å². The summed E-state index contributed by atoms with van der Waals surface area (Å²) in [6.07, 6.45) is 0. The van der Waals surface area contributed by atoms with Gasteiger partial charge in [0.2, 0.25) is 0 Å². The Morgan fingerprint density at radius 3 is 2.63 bits per heavy atom. The Labute approximate surface area is 181 Å². The molecule has 2 heterocycles. The Morgan fingerprint density at radius 2 is 1.90 bits per heavy atom. The van der Waals surface area contributed by atoms with Gasteiger partial charge >= 0.3 is 0 Å². The van der Waals surface area contributed by atoms with Gasteiger partial charge in [0.15, 0.2) is 0 Å². The minimum atomic E-state index is -0.0716. The highest BCUT2D eigenvalue weighted by Crippen LogP contribution is 2.37. The number of hydrogen-bond acceptors (Lipinski definition) is 5. The molecule has 0 unspecified atom stereocenters. The standard InChI is InChI=1S/C23H28N4O2S/c1-26-12-14-27(15-13-26)11-10-24-23(28)21-22(30-18-6-4-3-5-7-18)19-9-8-17(29-2)16-20(19)25-21/h3-9,16,25H,10-15H2,1-2H3,(H,24,28). The van der Waals surface area contributed by atoms with Crippen molar-refractivity contribution in [1.82, 2.24) is 20.1 Å². The van der Waals surface area contributed by atoms with Gasteiger partial charge in [0.25, 0.3) is 5.91 Å². The lowest BCUT2D eigenvalue weighted by Gasteiger charge is -2.32. The molecule has 0 bridgehead atoms. The molecule has 6 nitrogen and oxygen atoms in total. The minimum absolute atomic E-state index is 0.0716. The number of amides is 1. The molecule has 0 spiro atoms. The quantitative estimate of drug-likeness (QED) is 0.609. The third-order valence-corrected chi connectivity index (χ3v) is 6.59. The van der Waals surface area contributed by atoms with Crippen molar-refractivity contribution in [3.63, 3.8) is 0 Å². The molecule has 1 amide bonds. The summed E-state index contributed by atoms with van der Waals surface area (Å²) in [7, 11) is 3.80. The first-order valence-electron chi connectivity index (χ1n) is 10.3. The molecule has 1 aliphatic heterocycles. The number of carbonyl (C=O) groups is 1. The van der Waals surface area contributed by atoms with Crippen molar-refractivity contribution in [3.05, 3.63) is 54.2 Å². The minimum Gasteiger partial charge on any atom is -0.497 e. The number of piperazine rings is 1. The molecule has 1 fully saturated rings. The fourth-order valence-corrected chi connectivity index (χ4v) is 4.70.